The number of nitrogens with one attached hydrogen (secondary N) is 2. The highest BCUT2D eigenvalue weighted by atomic mass is 32.2. The summed E-state index contributed by atoms with van der Waals surface area (Å²) >= 11 is 1.68. The van der Waals surface area contributed by atoms with Gasteiger partial charge in [-0.2, -0.15) is 0 Å². The smallest absolute Gasteiger partial charge is 0.410 e. The van der Waals surface area contributed by atoms with E-state index in [4.69, 9.17) is 19.7 Å². The molecule has 4 saturated heterocycles. The van der Waals surface area contributed by atoms with E-state index in [0.29, 0.717) is 45.3 Å². The summed E-state index contributed by atoms with van der Waals surface area (Å²) in [5.74, 6) is -1.97. The second kappa shape index (κ2) is 34.6. The Morgan fingerprint density at radius 2 is 0.975 bits per heavy atom. The molecule has 0 bridgehead atoms. The van der Waals surface area contributed by atoms with Gasteiger partial charge in [-0.05, 0) is 136 Å². The molecule has 0 aromatic heterocycles. The third-order valence-corrected chi connectivity index (χ3v) is 16.2. The van der Waals surface area contributed by atoms with Crippen molar-refractivity contribution < 1.29 is 61.4 Å². The van der Waals surface area contributed by atoms with E-state index in [0.717, 1.165) is 30.5 Å². The van der Waals surface area contributed by atoms with Crippen LogP contribution < -0.4 is 10.6 Å². The van der Waals surface area contributed by atoms with Gasteiger partial charge in [-0.1, -0.05) is 76.7 Å². The molecule has 4 aliphatic heterocycles. The Hall–Kier alpha value is -4.94. The van der Waals surface area contributed by atoms with E-state index >= 15 is 0 Å². The normalized spacial score (nSPS) is 20.2. The number of carbonyl (C=O) groups is 6. The SMILES string of the molecule is CC.CC.CSN1CCC2C1CCN2C(=O)C(CCCCC(NC(=O)[C@H](C)N(C)C(=O)OC(C)(C)C)C(=O)N1CC[C@@H]2[C@H]1CCN2S(C)=O)NC(=O)[C@H](C)N(C)C(=O)OC(C)(C)C.OCc1ccc(F)cc1.OCc1ccc(F)cc1. The molecular weight excluding hydrogens is 1090 g/mol. The lowest BCUT2D eigenvalue weighted by atomic mass is 10.0. The van der Waals surface area contributed by atoms with E-state index in [9.17, 15) is 41.8 Å². The number of nitrogens with zero attached hydrogens (tertiary/aromatic N) is 6. The molecule has 81 heavy (non-hydrogen) atoms. The molecule has 0 radical (unpaired) electrons. The molecule has 4 heterocycles. The lowest BCUT2D eigenvalue weighted by Gasteiger charge is -2.32. The van der Waals surface area contributed by atoms with E-state index < -0.39 is 70.4 Å². The molecule has 5 unspecified atom stereocenters. The summed E-state index contributed by atoms with van der Waals surface area (Å²) in [7, 11) is 1.79. The number of rotatable bonds is 17. The second-order valence-electron chi connectivity index (χ2n) is 21.9. The van der Waals surface area contributed by atoms with Crippen molar-refractivity contribution in [1.82, 2.24) is 38.8 Å². The van der Waals surface area contributed by atoms with Crippen LogP contribution in [-0.4, -0.2) is 191 Å². The van der Waals surface area contributed by atoms with E-state index in [-0.39, 0.29) is 73.7 Å². The Labute approximate surface area is 488 Å². The monoisotopic (exact) mass is 1180 g/mol. The fourth-order valence-corrected chi connectivity index (χ4v) is 11.5. The molecule has 23 heteroatoms. The predicted molar refractivity (Wildman–Crippen MR) is 315 cm³/mol. The van der Waals surface area contributed by atoms with Gasteiger partial charge in [0.1, 0.15) is 47.0 Å². The van der Waals surface area contributed by atoms with Crippen LogP contribution in [0.3, 0.4) is 0 Å². The first-order valence-electron chi connectivity index (χ1n) is 28.4. The Morgan fingerprint density at radius 1 is 0.630 bits per heavy atom. The number of unbranched alkanes of at least 4 members (excludes halogenated alkanes) is 1. The molecule has 4 aliphatic rings. The second-order valence-corrected chi connectivity index (χ2v) is 24.0. The van der Waals surface area contributed by atoms with Gasteiger partial charge < -0.3 is 40.1 Å². The Bertz CT molecular complexity index is 2270. The van der Waals surface area contributed by atoms with Crippen molar-refractivity contribution in [2.45, 2.75) is 207 Å². The standard InChI is InChI=1S/C40H70N8O9S2.2C7H7FO.2C2H6/c1-25(43(9)37(53)56-39(3,4)5)33(49)41-27(35(51)45-21-17-31-29(45)19-23-47(31)58-11)15-13-14-16-28(42-34(50)26(2)44(10)38(54)57-40(6,7)8)36(52)46-22-18-32-30(46)20-24-48(32)59(12)55;2*8-7-3-1-6(5-9)2-4-7;2*1-2/h25-32H,13-24H2,1-12H3,(H,41,49)(H,42,50);2*1-4,9H,5H2;2*1-2H3/t25-,26-,27?,28?,29?,30+,31?,32+,59?;;;;/m0..../s1. The zero-order valence-corrected chi connectivity index (χ0v) is 52.6. The predicted octanol–water partition coefficient (Wildman–Crippen LogP) is 7.64. The average molecular weight is 1180 g/mol. The van der Waals surface area contributed by atoms with Crippen LogP contribution in [0.25, 0.3) is 0 Å². The van der Waals surface area contributed by atoms with E-state index in [2.05, 4.69) is 14.9 Å². The maximum Gasteiger partial charge on any atom is 0.410 e. The highest BCUT2D eigenvalue weighted by molar-refractivity contribution is 7.96. The van der Waals surface area contributed by atoms with Crippen molar-refractivity contribution in [3.05, 3.63) is 71.3 Å². The van der Waals surface area contributed by atoms with E-state index in [1.165, 1.54) is 48.2 Å². The maximum absolute atomic E-state index is 14.4. The molecule has 6 amide bonds. The third kappa shape index (κ3) is 22.3. The average Bonchev–Trinajstić information content (AvgIpc) is 4.29. The van der Waals surface area contributed by atoms with Crippen molar-refractivity contribution >= 4 is 58.7 Å². The van der Waals surface area contributed by atoms with Gasteiger partial charge in [-0.15, -0.1) is 0 Å². The fourth-order valence-electron chi connectivity index (χ4n) is 9.70. The number of hydrogen-bond donors (Lipinski definition) is 4. The number of aliphatic hydroxyl groups is 2. The third-order valence-electron chi connectivity index (χ3n) is 14.1. The summed E-state index contributed by atoms with van der Waals surface area (Å²) in [5, 5.41) is 22.9. The summed E-state index contributed by atoms with van der Waals surface area (Å²) in [6.45, 7) is 24.1. The Kier molecular flexibility index (Phi) is 30.8. The van der Waals surface area contributed by atoms with Crippen molar-refractivity contribution in [3.8, 4) is 0 Å². The molecule has 4 fully saturated rings. The highest BCUT2D eigenvalue weighted by Gasteiger charge is 2.48. The number of halogens is 2. The summed E-state index contributed by atoms with van der Waals surface area (Å²) in [4.78, 5) is 87.9. The molecule has 0 saturated carbocycles. The largest absolute Gasteiger partial charge is 0.444 e. The number of carbonyl (C=O) groups excluding carboxylic acids is 6. The molecule has 460 valence electrons. The van der Waals surface area contributed by atoms with Crippen LogP contribution in [0.1, 0.15) is 146 Å². The molecule has 2 aromatic rings. The van der Waals surface area contributed by atoms with Crippen molar-refractivity contribution in [2.24, 2.45) is 0 Å². The van der Waals surface area contributed by atoms with Crippen molar-refractivity contribution in [1.29, 1.82) is 0 Å². The van der Waals surface area contributed by atoms with Crippen molar-refractivity contribution in [2.75, 3.05) is 52.8 Å². The number of benzene rings is 2. The molecule has 2 aromatic carbocycles. The Balaban J connectivity index is 0.000000846. The quantitative estimate of drug-likeness (QED) is 0.0885. The van der Waals surface area contributed by atoms with Crippen LogP contribution in [0.5, 0.6) is 0 Å². The molecule has 4 N–H and O–H groups in total. The molecular formula is C58H96F2N8O11S2. The van der Waals surface area contributed by atoms with Crippen LogP contribution >= 0.6 is 11.9 Å². The van der Waals surface area contributed by atoms with Gasteiger partial charge in [0.25, 0.3) is 0 Å². The van der Waals surface area contributed by atoms with E-state index in [1.54, 1.807) is 103 Å². The minimum Gasteiger partial charge on any atom is -0.444 e. The van der Waals surface area contributed by atoms with Crippen molar-refractivity contribution in [3.63, 3.8) is 0 Å². The lowest BCUT2D eigenvalue weighted by molar-refractivity contribution is -0.138. The van der Waals surface area contributed by atoms with Gasteiger partial charge in [0.15, 0.2) is 0 Å². The number of aliphatic hydroxyl groups excluding tert-OH is 2. The first-order valence-corrected chi connectivity index (χ1v) is 31.1. The molecule has 0 spiro atoms. The van der Waals surface area contributed by atoms with Crippen LogP contribution in [0, 0.1) is 11.6 Å². The summed E-state index contributed by atoms with van der Waals surface area (Å²) < 4.78 is 51.9. The first-order chi connectivity index (χ1) is 38.1. The van der Waals surface area contributed by atoms with E-state index in [1.807, 2.05) is 43.2 Å². The van der Waals surface area contributed by atoms with Gasteiger partial charge in [0.2, 0.25) is 23.6 Å². The maximum atomic E-state index is 14.4. The topological polar surface area (TPSA) is 222 Å². The summed E-state index contributed by atoms with van der Waals surface area (Å²) in [6, 6.07) is 7.93. The number of ether oxygens (including phenoxy) is 2. The zero-order chi connectivity index (χ0) is 61.5. The van der Waals surface area contributed by atoms with Gasteiger partial charge in [-0.25, -0.2) is 31.2 Å². The number of fused-ring (bicyclic) bond motifs is 2. The lowest BCUT2D eigenvalue weighted by Crippen LogP contribution is -2.55. The zero-order valence-electron chi connectivity index (χ0n) is 51.0. The Morgan fingerprint density at radius 3 is 1.32 bits per heavy atom. The summed E-state index contributed by atoms with van der Waals surface area (Å²) in [6.07, 6.45) is 6.76. The van der Waals surface area contributed by atoms with Crippen LogP contribution in [0.15, 0.2) is 48.5 Å². The molecule has 6 rings (SSSR count). The molecule has 19 nitrogen and oxygen atoms in total. The number of amides is 6. The minimum absolute atomic E-state index is 0.0275. The number of likely N-dealkylation sites (tertiary alicyclic amines) is 2. The van der Waals surface area contributed by atoms with Gasteiger partial charge in [0, 0.05) is 70.7 Å². The first kappa shape index (κ1) is 72.2. The fraction of sp³-hybridized carbons (Fsp3) is 0.690. The minimum atomic E-state index is -1.17. The number of likely N-dealkylation sites (N-methyl/N-ethyl adjacent to an activating group) is 2. The highest BCUT2D eigenvalue weighted by Crippen LogP contribution is 2.36. The summed E-state index contributed by atoms with van der Waals surface area (Å²) in [5.41, 5.74) is -0.0585. The van der Waals surface area contributed by atoms with Crippen LogP contribution in [-0.2, 0) is 52.9 Å². The van der Waals surface area contributed by atoms with Gasteiger partial charge >= 0.3 is 12.2 Å². The van der Waals surface area contributed by atoms with Crippen LogP contribution in [0.2, 0.25) is 0 Å². The van der Waals surface area contributed by atoms with Crippen LogP contribution in [0.4, 0.5) is 18.4 Å². The molecule has 9 atom stereocenters. The molecule has 0 aliphatic carbocycles. The number of hydrogen-bond acceptors (Lipinski definition) is 13. The van der Waals surface area contributed by atoms with Gasteiger partial charge in [0.05, 0.1) is 24.2 Å². The van der Waals surface area contributed by atoms with Gasteiger partial charge in [-0.3, -0.25) is 29.0 Å².